The highest BCUT2D eigenvalue weighted by atomic mass is 35.5. The first-order valence-corrected chi connectivity index (χ1v) is 7.11. The van der Waals surface area contributed by atoms with Crippen LogP contribution in [-0.4, -0.2) is 28.5 Å². The number of halogens is 2. The molecule has 0 fully saturated rings. The van der Waals surface area contributed by atoms with Crippen molar-refractivity contribution < 1.29 is 9.84 Å². The molecule has 0 aliphatic heterocycles. The molecule has 1 aromatic heterocycles. The molecular weight excluding hydrogens is 325 g/mol. The summed E-state index contributed by atoms with van der Waals surface area (Å²) in [5.74, 6) is 0.775. The largest absolute Gasteiger partial charge is 0.497 e. The quantitative estimate of drug-likeness (QED) is 0.844. The van der Waals surface area contributed by atoms with Crippen molar-refractivity contribution in [1.82, 2.24) is 15.1 Å². The van der Waals surface area contributed by atoms with Crippen molar-refractivity contribution in [2.24, 2.45) is 7.05 Å². The average molecular weight is 346 g/mol. The third-order valence-corrected chi connectivity index (χ3v) is 3.88. The predicted octanol–water partition coefficient (Wildman–Crippen LogP) is 2.64. The molecule has 0 amide bonds. The Labute approximate surface area is 141 Å². The highest BCUT2D eigenvalue weighted by molar-refractivity contribution is 6.30. The van der Waals surface area contributed by atoms with Crippen molar-refractivity contribution >= 4 is 24.0 Å². The van der Waals surface area contributed by atoms with Crippen LogP contribution in [0.4, 0.5) is 0 Å². The van der Waals surface area contributed by atoms with E-state index < -0.39 is 6.10 Å². The van der Waals surface area contributed by atoms with E-state index in [0.29, 0.717) is 18.2 Å². The highest BCUT2D eigenvalue weighted by Gasteiger charge is 2.12. The number of hydrogen-bond acceptors (Lipinski definition) is 4. The number of nitrogens with zero attached hydrogens (tertiary/aromatic N) is 2. The molecule has 7 heteroatoms. The average Bonchev–Trinajstić information content (AvgIpc) is 2.73. The number of benzene rings is 1. The van der Waals surface area contributed by atoms with Crippen molar-refractivity contribution in [2.45, 2.75) is 19.6 Å². The van der Waals surface area contributed by atoms with E-state index >= 15 is 0 Å². The zero-order valence-electron chi connectivity index (χ0n) is 12.8. The molecule has 1 aromatic carbocycles. The van der Waals surface area contributed by atoms with Gasteiger partial charge in [0.05, 0.1) is 18.9 Å². The van der Waals surface area contributed by atoms with Gasteiger partial charge in [0.2, 0.25) is 0 Å². The van der Waals surface area contributed by atoms with Crippen LogP contribution in [0.15, 0.2) is 24.3 Å². The molecule has 1 atom stereocenters. The number of ether oxygens (including phenoxy) is 1. The van der Waals surface area contributed by atoms with Crippen LogP contribution in [0.2, 0.25) is 5.15 Å². The number of aliphatic hydroxyl groups excluding tert-OH is 1. The van der Waals surface area contributed by atoms with E-state index in [1.54, 1.807) is 11.8 Å². The molecule has 0 saturated carbocycles. The van der Waals surface area contributed by atoms with Gasteiger partial charge in [-0.05, 0) is 24.6 Å². The summed E-state index contributed by atoms with van der Waals surface area (Å²) in [6.45, 7) is 2.94. The Balaban J connectivity index is 0.00000242. The lowest BCUT2D eigenvalue weighted by Gasteiger charge is -2.12. The third kappa shape index (κ3) is 4.36. The van der Waals surface area contributed by atoms with Crippen LogP contribution in [0.3, 0.4) is 0 Å². The van der Waals surface area contributed by atoms with Crippen molar-refractivity contribution in [3.05, 3.63) is 46.2 Å². The van der Waals surface area contributed by atoms with E-state index in [1.807, 2.05) is 38.2 Å². The lowest BCUT2D eigenvalue weighted by atomic mass is 10.1. The normalized spacial score (nSPS) is 11.9. The number of rotatable bonds is 6. The Hall–Kier alpha value is -1.27. The van der Waals surface area contributed by atoms with Crippen LogP contribution in [0.1, 0.15) is 22.9 Å². The standard InChI is InChI=1S/C15H20ClN3O2.ClH/c1-10-13(15(16)19(2)18-10)8-17-9-14(20)11-4-6-12(21-3)7-5-11;/h4-7,14,17,20H,8-9H2,1-3H3;1H. The molecule has 0 aliphatic carbocycles. The fourth-order valence-corrected chi connectivity index (χ4v) is 2.39. The van der Waals surface area contributed by atoms with Gasteiger partial charge in [-0.25, -0.2) is 0 Å². The van der Waals surface area contributed by atoms with Crippen LogP contribution in [0, 0.1) is 6.92 Å². The van der Waals surface area contributed by atoms with Gasteiger partial charge >= 0.3 is 0 Å². The Kier molecular flexibility index (Phi) is 7.16. The molecular formula is C15H21Cl2N3O2. The molecule has 0 spiro atoms. The fraction of sp³-hybridized carbons (Fsp3) is 0.400. The van der Waals surface area contributed by atoms with Crippen molar-refractivity contribution in [3.8, 4) is 5.75 Å². The number of aromatic nitrogens is 2. The molecule has 2 aromatic rings. The summed E-state index contributed by atoms with van der Waals surface area (Å²) in [5, 5.41) is 18.2. The fourth-order valence-electron chi connectivity index (χ4n) is 2.15. The van der Waals surface area contributed by atoms with Gasteiger partial charge < -0.3 is 15.2 Å². The maximum atomic E-state index is 10.1. The summed E-state index contributed by atoms with van der Waals surface area (Å²) < 4.78 is 6.74. The van der Waals surface area contributed by atoms with E-state index in [4.69, 9.17) is 16.3 Å². The summed E-state index contributed by atoms with van der Waals surface area (Å²) in [7, 11) is 3.43. The van der Waals surface area contributed by atoms with Gasteiger partial charge in [-0.15, -0.1) is 12.4 Å². The van der Waals surface area contributed by atoms with Gasteiger partial charge in [-0.2, -0.15) is 5.10 Å². The van der Waals surface area contributed by atoms with Crippen LogP contribution in [0.5, 0.6) is 5.75 Å². The molecule has 0 saturated heterocycles. The zero-order valence-corrected chi connectivity index (χ0v) is 14.4. The number of methoxy groups -OCH3 is 1. The van der Waals surface area contributed by atoms with Crippen molar-refractivity contribution in [2.75, 3.05) is 13.7 Å². The molecule has 2 N–H and O–H groups in total. The number of aliphatic hydroxyl groups is 1. The summed E-state index contributed by atoms with van der Waals surface area (Å²) in [6.07, 6.45) is -0.577. The summed E-state index contributed by atoms with van der Waals surface area (Å²) in [6, 6.07) is 7.38. The first-order valence-electron chi connectivity index (χ1n) is 6.73. The molecule has 2 rings (SSSR count). The van der Waals surface area contributed by atoms with Gasteiger partial charge in [0.1, 0.15) is 10.9 Å². The highest BCUT2D eigenvalue weighted by Crippen LogP contribution is 2.19. The number of hydrogen-bond donors (Lipinski definition) is 2. The Bertz CT molecular complexity index is 600. The molecule has 0 aliphatic rings. The first kappa shape index (κ1) is 18.8. The van der Waals surface area contributed by atoms with Crippen LogP contribution < -0.4 is 10.1 Å². The number of aryl methyl sites for hydroxylation is 2. The summed E-state index contributed by atoms with van der Waals surface area (Å²) in [4.78, 5) is 0. The summed E-state index contributed by atoms with van der Waals surface area (Å²) in [5.41, 5.74) is 2.70. The van der Waals surface area contributed by atoms with Crippen LogP contribution in [0.25, 0.3) is 0 Å². The number of nitrogens with one attached hydrogen (secondary N) is 1. The SMILES string of the molecule is COc1ccc(C(O)CNCc2c(C)nn(C)c2Cl)cc1.Cl. The maximum absolute atomic E-state index is 10.1. The van der Waals surface area contributed by atoms with Gasteiger partial charge in [-0.1, -0.05) is 23.7 Å². The first-order chi connectivity index (χ1) is 10.0. The monoisotopic (exact) mass is 345 g/mol. The maximum Gasteiger partial charge on any atom is 0.131 e. The minimum Gasteiger partial charge on any atom is -0.497 e. The molecule has 0 radical (unpaired) electrons. The lowest BCUT2D eigenvalue weighted by molar-refractivity contribution is 0.174. The van der Waals surface area contributed by atoms with Crippen LogP contribution in [-0.2, 0) is 13.6 Å². The molecule has 1 heterocycles. The summed E-state index contributed by atoms with van der Waals surface area (Å²) >= 11 is 6.16. The van der Waals surface area contributed by atoms with E-state index in [0.717, 1.165) is 22.6 Å². The van der Waals surface area contributed by atoms with Gasteiger partial charge in [-0.3, -0.25) is 4.68 Å². The van der Waals surface area contributed by atoms with E-state index in [-0.39, 0.29) is 12.4 Å². The molecule has 0 bridgehead atoms. The second-order valence-corrected chi connectivity index (χ2v) is 5.26. The van der Waals surface area contributed by atoms with E-state index in [9.17, 15) is 5.11 Å². The molecule has 1 unspecified atom stereocenters. The smallest absolute Gasteiger partial charge is 0.131 e. The predicted molar refractivity (Wildman–Crippen MR) is 89.9 cm³/mol. The van der Waals surface area contributed by atoms with Crippen LogP contribution >= 0.6 is 24.0 Å². The van der Waals surface area contributed by atoms with Crippen molar-refractivity contribution in [3.63, 3.8) is 0 Å². The molecule has 5 nitrogen and oxygen atoms in total. The zero-order chi connectivity index (χ0) is 15.4. The topological polar surface area (TPSA) is 59.3 Å². The second-order valence-electron chi connectivity index (χ2n) is 4.90. The van der Waals surface area contributed by atoms with Gasteiger partial charge in [0, 0.05) is 25.7 Å². The van der Waals surface area contributed by atoms with Gasteiger partial charge in [0.15, 0.2) is 0 Å². The second kappa shape index (κ2) is 8.39. The van der Waals surface area contributed by atoms with Gasteiger partial charge in [0.25, 0.3) is 0 Å². The Morgan fingerprint density at radius 2 is 2.00 bits per heavy atom. The van der Waals surface area contributed by atoms with E-state index in [1.165, 1.54) is 0 Å². The minimum absolute atomic E-state index is 0. The van der Waals surface area contributed by atoms with Crippen molar-refractivity contribution in [1.29, 1.82) is 0 Å². The minimum atomic E-state index is -0.577. The third-order valence-electron chi connectivity index (χ3n) is 3.41. The molecule has 122 valence electrons. The lowest BCUT2D eigenvalue weighted by Crippen LogP contribution is -2.21. The van der Waals surface area contributed by atoms with E-state index in [2.05, 4.69) is 10.4 Å². The Morgan fingerprint density at radius 3 is 2.50 bits per heavy atom. The Morgan fingerprint density at radius 1 is 1.36 bits per heavy atom. The molecule has 22 heavy (non-hydrogen) atoms.